The van der Waals surface area contributed by atoms with Gasteiger partial charge in [-0.25, -0.2) is 0 Å². The number of rotatable bonds is 4. The van der Waals surface area contributed by atoms with Crippen LogP contribution < -0.4 is 0 Å². The molecule has 0 aromatic heterocycles. The second-order valence-electron chi connectivity index (χ2n) is 7.88. The molecule has 1 amide bonds. The Hall–Kier alpha value is -0.570. The molecule has 0 spiro atoms. The Kier molecular flexibility index (Phi) is 5.78. The van der Waals surface area contributed by atoms with Crippen LogP contribution in [0.25, 0.3) is 0 Å². The average molecular weight is 306 g/mol. The van der Waals surface area contributed by atoms with E-state index in [9.17, 15) is 4.79 Å². The third-order valence-electron chi connectivity index (χ3n) is 6.38. The van der Waals surface area contributed by atoms with Gasteiger partial charge >= 0.3 is 0 Å². The summed E-state index contributed by atoms with van der Waals surface area (Å²) in [6.07, 6.45) is 15.3. The third-order valence-corrected chi connectivity index (χ3v) is 6.38. The van der Waals surface area contributed by atoms with Crippen LogP contribution in [0.2, 0.25) is 0 Å². The molecular formula is C19H34N2O. The highest BCUT2D eigenvalue weighted by Gasteiger charge is 2.35. The van der Waals surface area contributed by atoms with Gasteiger partial charge in [0.05, 0.1) is 0 Å². The highest BCUT2D eigenvalue weighted by molar-refractivity contribution is 5.76. The van der Waals surface area contributed by atoms with E-state index in [0.29, 0.717) is 23.9 Å². The molecule has 0 radical (unpaired) electrons. The summed E-state index contributed by atoms with van der Waals surface area (Å²) in [7, 11) is 2.09. The number of hydrogen-bond acceptors (Lipinski definition) is 2. The van der Waals surface area contributed by atoms with E-state index in [1.807, 2.05) is 0 Å². The smallest absolute Gasteiger partial charge is 0.222 e. The van der Waals surface area contributed by atoms with E-state index < -0.39 is 0 Å². The molecule has 3 heteroatoms. The first-order valence-electron chi connectivity index (χ1n) is 9.75. The molecule has 3 fully saturated rings. The van der Waals surface area contributed by atoms with Gasteiger partial charge in [0.1, 0.15) is 0 Å². The van der Waals surface area contributed by atoms with Crippen molar-refractivity contribution in [2.24, 2.45) is 5.92 Å². The van der Waals surface area contributed by atoms with E-state index in [1.54, 1.807) is 0 Å². The van der Waals surface area contributed by atoms with Crippen LogP contribution in [0.5, 0.6) is 0 Å². The summed E-state index contributed by atoms with van der Waals surface area (Å²) in [6.45, 7) is 2.51. The molecule has 2 atom stereocenters. The monoisotopic (exact) mass is 306 g/mol. The second kappa shape index (κ2) is 7.81. The van der Waals surface area contributed by atoms with Crippen LogP contribution in [-0.2, 0) is 4.79 Å². The van der Waals surface area contributed by atoms with Crippen molar-refractivity contribution in [2.75, 3.05) is 20.1 Å². The minimum atomic E-state index is 0.419. The number of carbonyl (C=O) groups is 1. The summed E-state index contributed by atoms with van der Waals surface area (Å²) in [5.74, 6) is 1.08. The molecule has 1 saturated heterocycles. The minimum absolute atomic E-state index is 0.419. The molecule has 0 bridgehead atoms. The van der Waals surface area contributed by atoms with Gasteiger partial charge in [-0.05, 0) is 57.5 Å². The van der Waals surface area contributed by atoms with Crippen LogP contribution in [0.4, 0.5) is 0 Å². The molecule has 0 N–H and O–H groups in total. The third kappa shape index (κ3) is 3.84. The van der Waals surface area contributed by atoms with E-state index in [0.717, 1.165) is 6.42 Å². The summed E-state index contributed by atoms with van der Waals surface area (Å²) in [5.41, 5.74) is 0. The molecule has 3 aliphatic rings. The number of amides is 1. The Morgan fingerprint density at radius 3 is 2.27 bits per heavy atom. The fourth-order valence-corrected chi connectivity index (χ4v) is 5.01. The van der Waals surface area contributed by atoms with Crippen molar-refractivity contribution >= 4 is 5.91 Å². The van der Waals surface area contributed by atoms with E-state index in [4.69, 9.17) is 0 Å². The number of hydrogen-bond donors (Lipinski definition) is 0. The van der Waals surface area contributed by atoms with E-state index in [-0.39, 0.29) is 0 Å². The van der Waals surface area contributed by atoms with Crippen molar-refractivity contribution < 1.29 is 4.79 Å². The van der Waals surface area contributed by atoms with Gasteiger partial charge in [0.15, 0.2) is 0 Å². The lowest BCUT2D eigenvalue weighted by Gasteiger charge is -2.43. The summed E-state index contributed by atoms with van der Waals surface area (Å²) in [6, 6.07) is 1.11. The van der Waals surface area contributed by atoms with Crippen LogP contribution >= 0.6 is 0 Å². The van der Waals surface area contributed by atoms with Crippen molar-refractivity contribution in [2.45, 2.75) is 89.1 Å². The molecule has 2 aliphatic carbocycles. The Morgan fingerprint density at radius 1 is 0.909 bits per heavy atom. The fourth-order valence-electron chi connectivity index (χ4n) is 5.01. The highest BCUT2D eigenvalue weighted by atomic mass is 16.2. The first-order chi connectivity index (χ1) is 10.8. The SMILES string of the molecule is CN(C(=O)CC1CCCCC1)C1CCCCC1N1CCCC1. The van der Waals surface area contributed by atoms with Crippen LogP contribution in [0.15, 0.2) is 0 Å². The summed E-state index contributed by atoms with van der Waals surface area (Å²) < 4.78 is 0. The van der Waals surface area contributed by atoms with Gasteiger partial charge in [0.2, 0.25) is 5.91 Å². The lowest BCUT2D eigenvalue weighted by Crippen LogP contribution is -2.53. The molecule has 22 heavy (non-hydrogen) atoms. The average Bonchev–Trinajstić information content (AvgIpc) is 3.09. The summed E-state index contributed by atoms with van der Waals surface area (Å²) in [5, 5.41) is 0. The quantitative estimate of drug-likeness (QED) is 0.788. The largest absolute Gasteiger partial charge is 0.341 e. The standard InChI is InChI=1S/C19H34N2O/c1-20(19(22)15-16-9-3-2-4-10-16)17-11-5-6-12-18(17)21-13-7-8-14-21/h16-18H,2-15H2,1H3. The van der Waals surface area contributed by atoms with Crippen molar-refractivity contribution in [3.05, 3.63) is 0 Å². The Bertz CT molecular complexity index is 358. The van der Waals surface area contributed by atoms with Gasteiger partial charge in [0.25, 0.3) is 0 Å². The van der Waals surface area contributed by atoms with Crippen LogP contribution in [-0.4, -0.2) is 47.9 Å². The number of carbonyl (C=O) groups excluding carboxylic acids is 1. The molecule has 3 nitrogen and oxygen atoms in total. The maximum absolute atomic E-state index is 12.8. The van der Waals surface area contributed by atoms with Crippen molar-refractivity contribution in [3.63, 3.8) is 0 Å². The van der Waals surface area contributed by atoms with Gasteiger partial charge in [-0.2, -0.15) is 0 Å². The van der Waals surface area contributed by atoms with Gasteiger partial charge in [-0.15, -0.1) is 0 Å². The Labute approximate surface area is 136 Å². The molecule has 1 aliphatic heterocycles. The minimum Gasteiger partial charge on any atom is -0.341 e. The Balaban J connectivity index is 1.57. The lowest BCUT2D eigenvalue weighted by atomic mass is 9.85. The molecule has 0 aromatic carbocycles. The van der Waals surface area contributed by atoms with Gasteiger partial charge in [-0.3, -0.25) is 9.69 Å². The van der Waals surface area contributed by atoms with Gasteiger partial charge in [-0.1, -0.05) is 32.1 Å². The van der Waals surface area contributed by atoms with Crippen LogP contribution in [0.3, 0.4) is 0 Å². The molecular weight excluding hydrogens is 272 g/mol. The zero-order chi connectivity index (χ0) is 15.4. The number of likely N-dealkylation sites (N-methyl/N-ethyl adjacent to an activating group) is 1. The maximum atomic E-state index is 12.8. The molecule has 0 aromatic rings. The second-order valence-corrected chi connectivity index (χ2v) is 7.88. The topological polar surface area (TPSA) is 23.6 Å². The van der Waals surface area contributed by atoms with E-state index >= 15 is 0 Å². The predicted octanol–water partition coefficient (Wildman–Crippen LogP) is 3.82. The van der Waals surface area contributed by atoms with E-state index in [1.165, 1.54) is 83.7 Å². The molecule has 2 saturated carbocycles. The predicted molar refractivity (Wildman–Crippen MR) is 90.8 cm³/mol. The number of nitrogens with zero attached hydrogens (tertiary/aromatic N) is 2. The Morgan fingerprint density at radius 2 is 1.55 bits per heavy atom. The molecule has 1 heterocycles. The lowest BCUT2D eigenvalue weighted by molar-refractivity contribution is -0.135. The number of likely N-dealkylation sites (tertiary alicyclic amines) is 1. The van der Waals surface area contributed by atoms with Crippen molar-refractivity contribution in [1.82, 2.24) is 9.80 Å². The zero-order valence-electron chi connectivity index (χ0n) is 14.4. The molecule has 2 unspecified atom stereocenters. The van der Waals surface area contributed by atoms with Gasteiger partial charge in [0, 0.05) is 25.6 Å². The van der Waals surface area contributed by atoms with Crippen molar-refractivity contribution in [3.8, 4) is 0 Å². The maximum Gasteiger partial charge on any atom is 0.222 e. The fraction of sp³-hybridized carbons (Fsp3) is 0.947. The molecule has 126 valence electrons. The highest BCUT2D eigenvalue weighted by Crippen LogP contribution is 2.31. The summed E-state index contributed by atoms with van der Waals surface area (Å²) >= 11 is 0. The molecule has 3 rings (SSSR count). The zero-order valence-corrected chi connectivity index (χ0v) is 14.4. The first-order valence-corrected chi connectivity index (χ1v) is 9.75. The summed E-state index contributed by atoms with van der Waals surface area (Å²) in [4.78, 5) is 17.6. The normalized spacial score (nSPS) is 31.3. The van der Waals surface area contributed by atoms with Crippen LogP contribution in [0, 0.1) is 5.92 Å². The van der Waals surface area contributed by atoms with Gasteiger partial charge < -0.3 is 4.90 Å². The van der Waals surface area contributed by atoms with E-state index in [2.05, 4.69) is 16.8 Å². The van der Waals surface area contributed by atoms with Crippen LogP contribution in [0.1, 0.15) is 77.0 Å². The first kappa shape index (κ1) is 16.3. The van der Waals surface area contributed by atoms with Crippen molar-refractivity contribution in [1.29, 1.82) is 0 Å².